The second-order valence-electron chi connectivity index (χ2n) is 10.6. The number of pyridine rings is 1. The number of ether oxygens (including phenoxy) is 3. The Hall–Kier alpha value is -4.32. The van der Waals surface area contributed by atoms with E-state index in [1.807, 2.05) is 26.0 Å². The van der Waals surface area contributed by atoms with Crippen LogP contribution >= 0.6 is 11.6 Å². The molecule has 1 saturated heterocycles. The summed E-state index contributed by atoms with van der Waals surface area (Å²) >= 11 is 6.04. The van der Waals surface area contributed by atoms with Crippen molar-refractivity contribution in [3.05, 3.63) is 71.8 Å². The molecule has 226 valence electrons. The van der Waals surface area contributed by atoms with Gasteiger partial charge in [-0.15, -0.1) is 0 Å². The normalized spacial score (nSPS) is 13.9. The molecule has 0 spiro atoms. The van der Waals surface area contributed by atoms with Gasteiger partial charge >= 0.3 is 6.03 Å². The maximum atomic E-state index is 13.1. The zero-order valence-electron chi connectivity index (χ0n) is 24.3. The molecule has 43 heavy (non-hydrogen) atoms. The highest BCUT2D eigenvalue weighted by atomic mass is 35.5. The lowest BCUT2D eigenvalue weighted by atomic mass is 10.1. The van der Waals surface area contributed by atoms with Crippen LogP contribution in [-0.2, 0) is 10.3 Å². The molecule has 0 radical (unpaired) electrons. The summed E-state index contributed by atoms with van der Waals surface area (Å²) in [5.74, 6) is 1.58. The molecule has 0 atom stereocenters. The molecule has 11 nitrogen and oxygen atoms in total. The molecule has 5 rings (SSSR count). The molecule has 4 aromatic rings. The van der Waals surface area contributed by atoms with E-state index < -0.39 is 11.6 Å². The Morgan fingerprint density at radius 1 is 1.09 bits per heavy atom. The van der Waals surface area contributed by atoms with Crippen molar-refractivity contribution in [2.45, 2.75) is 19.4 Å². The fourth-order valence-electron chi connectivity index (χ4n) is 4.75. The van der Waals surface area contributed by atoms with Gasteiger partial charge in [-0.05, 0) is 50.2 Å². The van der Waals surface area contributed by atoms with Gasteiger partial charge in [0.25, 0.3) is 0 Å². The molecule has 2 aromatic heterocycles. The summed E-state index contributed by atoms with van der Waals surface area (Å²) in [6.45, 7) is 8.26. The molecule has 1 aliphatic rings. The first-order valence-electron chi connectivity index (χ1n) is 13.9. The van der Waals surface area contributed by atoms with Crippen LogP contribution in [0.15, 0.2) is 60.9 Å². The number of hydrogen-bond acceptors (Lipinski definition) is 8. The third-order valence-corrected chi connectivity index (χ3v) is 7.42. The topological polar surface area (TPSA) is 134 Å². The van der Waals surface area contributed by atoms with Crippen LogP contribution in [0, 0.1) is 0 Å². The number of phenols is 1. The second-order valence-corrected chi connectivity index (χ2v) is 11.0. The number of benzene rings is 2. The van der Waals surface area contributed by atoms with Gasteiger partial charge in [-0.2, -0.15) is 0 Å². The third kappa shape index (κ3) is 7.37. The molecule has 3 heterocycles. The Morgan fingerprint density at radius 3 is 2.58 bits per heavy atom. The maximum Gasteiger partial charge on any atom is 0.320 e. The van der Waals surface area contributed by atoms with Crippen LogP contribution in [-0.4, -0.2) is 77.6 Å². The smallest absolute Gasteiger partial charge is 0.320 e. The number of nitrogens with zero attached hydrogens (tertiary/aromatic N) is 3. The van der Waals surface area contributed by atoms with Crippen LogP contribution in [0.5, 0.6) is 17.2 Å². The minimum atomic E-state index is -0.911. The lowest BCUT2D eigenvalue weighted by Crippen LogP contribution is -2.44. The van der Waals surface area contributed by atoms with E-state index in [1.54, 1.807) is 55.9 Å². The summed E-state index contributed by atoms with van der Waals surface area (Å²) in [5.41, 5.74) is 2.44. The lowest BCUT2D eigenvalue weighted by molar-refractivity contribution is 0.0321. The predicted octanol–water partition coefficient (Wildman–Crippen LogP) is 5.27. The number of morpholine rings is 1. The number of carbonyl (C=O) groups excluding carboxylic acids is 1. The van der Waals surface area contributed by atoms with E-state index in [4.69, 9.17) is 30.8 Å². The average Bonchev–Trinajstić information content (AvgIpc) is 3.47. The van der Waals surface area contributed by atoms with Crippen LogP contribution < -0.4 is 20.1 Å². The van der Waals surface area contributed by atoms with E-state index in [0.717, 1.165) is 38.4 Å². The predicted molar refractivity (Wildman–Crippen MR) is 165 cm³/mol. The van der Waals surface area contributed by atoms with E-state index in [9.17, 15) is 9.90 Å². The number of anilines is 1. The van der Waals surface area contributed by atoms with E-state index in [-0.39, 0.29) is 10.8 Å². The Kier molecular flexibility index (Phi) is 9.34. The Balaban J connectivity index is 1.29. The molecule has 2 aromatic carbocycles. The van der Waals surface area contributed by atoms with Gasteiger partial charge in [-0.3, -0.25) is 9.88 Å². The number of aromatic nitrogens is 3. The zero-order chi connectivity index (χ0) is 30.4. The fraction of sp³-hybridized carbons (Fsp3) is 0.323. The molecule has 12 heteroatoms. The largest absolute Gasteiger partial charge is 0.506 e. The number of urea groups is 1. The number of imidazole rings is 1. The number of H-pyrrole nitrogens is 1. The van der Waals surface area contributed by atoms with Gasteiger partial charge in [0, 0.05) is 54.9 Å². The van der Waals surface area contributed by atoms with E-state index in [0.29, 0.717) is 46.6 Å². The number of hydrogen-bond donors (Lipinski definition) is 4. The van der Waals surface area contributed by atoms with E-state index in [2.05, 4.69) is 25.5 Å². The van der Waals surface area contributed by atoms with Crippen molar-refractivity contribution in [3.8, 4) is 39.8 Å². The van der Waals surface area contributed by atoms with Gasteiger partial charge in [-0.1, -0.05) is 17.7 Å². The van der Waals surface area contributed by atoms with Crippen LogP contribution in [0.1, 0.15) is 19.7 Å². The number of aromatic hydroxyl groups is 1. The summed E-state index contributed by atoms with van der Waals surface area (Å²) in [6, 6.07) is 13.5. The number of phenolic OH excluding ortho intramolecular Hbond substituents is 1. The minimum absolute atomic E-state index is 0.0508. The van der Waals surface area contributed by atoms with Crippen molar-refractivity contribution in [1.82, 2.24) is 25.2 Å². The van der Waals surface area contributed by atoms with E-state index in [1.165, 1.54) is 0 Å². The van der Waals surface area contributed by atoms with Crippen LogP contribution in [0.2, 0.25) is 5.02 Å². The molecule has 0 saturated carbocycles. The number of methoxy groups -OCH3 is 1. The third-order valence-electron chi connectivity index (χ3n) is 7.10. The molecule has 0 bridgehead atoms. The van der Waals surface area contributed by atoms with Crippen molar-refractivity contribution >= 4 is 23.3 Å². The number of halogens is 1. The van der Waals surface area contributed by atoms with Gasteiger partial charge < -0.3 is 34.9 Å². The number of aromatic amines is 1. The van der Waals surface area contributed by atoms with Gasteiger partial charge in [0.1, 0.15) is 18.2 Å². The van der Waals surface area contributed by atoms with Crippen LogP contribution in [0.25, 0.3) is 22.5 Å². The van der Waals surface area contributed by atoms with Crippen molar-refractivity contribution in [2.75, 3.05) is 51.9 Å². The summed E-state index contributed by atoms with van der Waals surface area (Å²) in [7, 11) is 1.56. The zero-order valence-corrected chi connectivity index (χ0v) is 25.1. The monoisotopic (exact) mass is 606 g/mol. The first-order valence-corrected chi connectivity index (χ1v) is 14.3. The van der Waals surface area contributed by atoms with E-state index >= 15 is 0 Å². The summed E-state index contributed by atoms with van der Waals surface area (Å²) in [5, 5.41) is 16.3. The quantitative estimate of drug-likeness (QED) is 0.192. The number of amides is 2. The molecule has 4 N–H and O–H groups in total. The Bertz CT molecular complexity index is 1560. The molecular formula is C31H35ClN6O5. The van der Waals surface area contributed by atoms with Crippen molar-refractivity contribution < 1.29 is 24.1 Å². The summed E-state index contributed by atoms with van der Waals surface area (Å²) < 4.78 is 16.9. The Labute approximate surface area is 255 Å². The summed E-state index contributed by atoms with van der Waals surface area (Å²) in [4.78, 5) is 27.7. The fourth-order valence-corrected chi connectivity index (χ4v) is 4.86. The molecular weight excluding hydrogens is 572 g/mol. The standard InChI is InChI=1S/C31H35ClN6O5/c1-31(2,29-35-27(20-8-10-33-11-9-20)28(36-29)21-4-6-23(32)24(39)18-21)37-30(40)34-22-5-7-25(26(19-22)41-3)43-17-14-38-12-15-42-16-13-38/h4-11,18-19,39H,12-17H2,1-3H3,(H,35,36)(H2,34,37,40). The molecule has 0 unspecified atom stereocenters. The molecule has 1 aliphatic heterocycles. The van der Waals surface area contributed by atoms with Gasteiger partial charge in [-0.25, -0.2) is 9.78 Å². The van der Waals surface area contributed by atoms with Crippen molar-refractivity contribution in [3.63, 3.8) is 0 Å². The average molecular weight is 607 g/mol. The second kappa shape index (κ2) is 13.3. The van der Waals surface area contributed by atoms with Crippen molar-refractivity contribution in [2.24, 2.45) is 0 Å². The molecule has 0 aliphatic carbocycles. The summed E-state index contributed by atoms with van der Waals surface area (Å²) in [6.07, 6.45) is 3.37. The minimum Gasteiger partial charge on any atom is -0.506 e. The first kappa shape index (κ1) is 30.1. The SMILES string of the molecule is COc1cc(NC(=O)NC(C)(C)c2nc(-c3ccc(Cl)c(O)c3)c(-c3ccncc3)[nH]2)ccc1OCCN1CCOCC1. The number of nitrogens with one attached hydrogen (secondary N) is 3. The highest BCUT2D eigenvalue weighted by Gasteiger charge is 2.29. The Morgan fingerprint density at radius 2 is 1.86 bits per heavy atom. The van der Waals surface area contributed by atoms with Gasteiger partial charge in [0.15, 0.2) is 11.5 Å². The molecule has 2 amide bonds. The number of carbonyl (C=O) groups is 1. The molecule has 1 fully saturated rings. The highest BCUT2D eigenvalue weighted by Crippen LogP contribution is 2.36. The van der Waals surface area contributed by atoms with Crippen LogP contribution in [0.4, 0.5) is 10.5 Å². The van der Waals surface area contributed by atoms with Crippen LogP contribution in [0.3, 0.4) is 0 Å². The van der Waals surface area contributed by atoms with Gasteiger partial charge in [0.2, 0.25) is 0 Å². The lowest BCUT2D eigenvalue weighted by Gasteiger charge is -2.26. The first-order chi connectivity index (χ1) is 20.7. The number of rotatable bonds is 10. The maximum absolute atomic E-state index is 13.1. The highest BCUT2D eigenvalue weighted by molar-refractivity contribution is 6.32. The van der Waals surface area contributed by atoms with Gasteiger partial charge in [0.05, 0.1) is 42.3 Å². The van der Waals surface area contributed by atoms with Crippen molar-refractivity contribution in [1.29, 1.82) is 0 Å².